The first-order valence-corrected chi connectivity index (χ1v) is 9.64. The van der Waals surface area contributed by atoms with Gasteiger partial charge >= 0.3 is 6.11 Å². The van der Waals surface area contributed by atoms with Crippen molar-refractivity contribution in [1.29, 1.82) is 0 Å². The monoisotopic (exact) mass is 416 g/mol. The Morgan fingerprint density at radius 3 is 2.07 bits per heavy atom. The van der Waals surface area contributed by atoms with E-state index in [0.717, 1.165) is 31.7 Å². The molecule has 0 N–H and O–H groups in total. The number of hydrogen-bond donors (Lipinski definition) is 0. The van der Waals surface area contributed by atoms with E-state index in [0.29, 0.717) is 23.6 Å². The number of alkyl halides is 2. The maximum Gasteiger partial charge on any atom is 0.398 e. The van der Waals surface area contributed by atoms with Crippen LogP contribution in [0.4, 0.5) is 26.3 Å². The van der Waals surface area contributed by atoms with Crippen LogP contribution in [0, 0.1) is 29.2 Å². The lowest BCUT2D eigenvalue weighted by Gasteiger charge is -2.27. The maximum absolute atomic E-state index is 14.4. The van der Waals surface area contributed by atoms with Gasteiger partial charge in [0.05, 0.1) is 6.42 Å². The third-order valence-corrected chi connectivity index (χ3v) is 5.47. The van der Waals surface area contributed by atoms with Gasteiger partial charge in [0.1, 0.15) is 17.4 Å². The van der Waals surface area contributed by atoms with Crippen LogP contribution in [0.1, 0.15) is 56.1 Å². The Kier molecular flexibility index (Phi) is 6.44. The summed E-state index contributed by atoms with van der Waals surface area (Å²) in [4.78, 5) is 0. The first-order chi connectivity index (χ1) is 13.6. The van der Waals surface area contributed by atoms with E-state index in [9.17, 15) is 26.3 Å². The van der Waals surface area contributed by atoms with Crippen molar-refractivity contribution >= 4 is 0 Å². The van der Waals surface area contributed by atoms with E-state index in [1.165, 1.54) is 12.1 Å². The van der Waals surface area contributed by atoms with Crippen LogP contribution in [-0.4, -0.2) is 6.11 Å². The summed E-state index contributed by atoms with van der Waals surface area (Å²) in [5.74, 6) is -4.15. The van der Waals surface area contributed by atoms with Crippen molar-refractivity contribution in [2.75, 3.05) is 0 Å². The van der Waals surface area contributed by atoms with Gasteiger partial charge in [-0.15, -0.1) is 0 Å². The third-order valence-electron chi connectivity index (χ3n) is 5.47. The standard InChI is InChI=1S/C22H22F6O/c1-13-2-4-14(5-3-13)15-10-19(24)17(20(25)11-15)8-9-22(27,28)29-16-6-7-18(23)21(26)12-16/h6-7,10-14H,2-5,8-9H2,1H3. The molecule has 0 bridgehead atoms. The molecule has 0 aromatic heterocycles. The predicted molar refractivity (Wildman–Crippen MR) is 97.0 cm³/mol. The number of benzene rings is 2. The molecule has 2 aromatic carbocycles. The zero-order valence-electron chi connectivity index (χ0n) is 16.0. The largest absolute Gasteiger partial charge is 0.432 e. The van der Waals surface area contributed by atoms with Crippen LogP contribution in [0.25, 0.3) is 0 Å². The molecular weight excluding hydrogens is 394 g/mol. The second kappa shape index (κ2) is 8.67. The lowest BCUT2D eigenvalue weighted by Crippen LogP contribution is -2.26. The van der Waals surface area contributed by atoms with Crippen molar-refractivity contribution in [2.45, 2.75) is 57.5 Å². The lowest BCUT2D eigenvalue weighted by molar-refractivity contribution is -0.180. The van der Waals surface area contributed by atoms with Crippen LogP contribution in [0.2, 0.25) is 0 Å². The highest BCUT2D eigenvalue weighted by molar-refractivity contribution is 5.29. The van der Waals surface area contributed by atoms with Crippen molar-refractivity contribution < 1.29 is 31.1 Å². The molecule has 0 aliphatic heterocycles. The summed E-state index contributed by atoms with van der Waals surface area (Å²) < 4.78 is 87.3. The van der Waals surface area contributed by atoms with Gasteiger partial charge in [0.15, 0.2) is 11.6 Å². The average Bonchev–Trinajstić information content (AvgIpc) is 2.64. The SMILES string of the molecule is CC1CCC(c2cc(F)c(CCC(F)(F)Oc3ccc(F)c(F)c3)c(F)c2)CC1. The fraction of sp³-hybridized carbons (Fsp3) is 0.455. The number of rotatable bonds is 6. The fourth-order valence-electron chi connectivity index (χ4n) is 3.72. The van der Waals surface area contributed by atoms with E-state index in [1.807, 2.05) is 0 Å². The van der Waals surface area contributed by atoms with Crippen molar-refractivity contribution in [3.63, 3.8) is 0 Å². The highest BCUT2D eigenvalue weighted by atomic mass is 19.3. The molecule has 1 aliphatic rings. The summed E-state index contributed by atoms with van der Waals surface area (Å²) in [6.07, 6.45) is -1.75. The Bertz CT molecular complexity index is 835. The van der Waals surface area contributed by atoms with Gasteiger partial charge in [-0.25, -0.2) is 17.6 Å². The Morgan fingerprint density at radius 1 is 0.862 bits per heavy atom. The molecule has 1 nitrogen and oxygen atoms in total. The molecule has 0 unspecified atom stereocenters. The van der Waals surface area contributed by atoms with Gasteiger partial charge in [-0.1, -0.05) is 19.8 Å². The Balaban J connectivity index is 1.67. The van der Waals surface area contributed by atoms with Gasteiger partial charge in [0.25, 0.3) is 0 Å². The Hall–Kier alpha value is -2.18. The third kappa shape index (κ3) is 5.46. The summed E-state index contributed by atoms with van der Waals surface area (Å²) in [5.41, 5.74) is 0.118. The lowest BCUT2D eigenvalue weighted by atomic mass is 9.79. The molecular formula is C22H22F6O. The second-order valence-electron chi connectivity index (χ2n) is 7.74. The van der Waals surface area contributed by atoms with Gasteiger partial charge in [-0.05, 0) is 60.9 Å². The summed E-state index contributed by atoms with van der Waals surface area (Å²) in [7, 11) is 0. The van der Waals surface area contributed by atoms with Crippen molar-refractivity contribution in [3.8, 4) is 5.75 Å². The van der Waals surface area contributed by atoms with Gasteiger partial charge in [0, 0.05) is 11.6 Å². The van der Waals surface area contributed by atoms with Crippen LogP contribution in [0.3, 0.4) is 0 Å². The minimum atomic E-state index is -3.80. The van der Waals surface area contributed by atoms with Crippen LogP contribution in [0.5, 0.6) is 5.75 Å². The van der Waals surface area contributed by atoms with Gasteiger partial charge in [-0.2, -0.15) is 8.78 Å². The quantitative estimate of drug-likeness (QED) is 0.455. The molecule has 0 radical (unpaired) electrons. The summed E-state index contributed by atoms with van der Waals surface area (Å²) in [6.45, 7) is 2.14. The average molecular weight is 416 g/mol. The van der Waals surface area contributed by atoms with Gasteiger partial charge in [-0.3, -0.25) is 0 Å². The van der Waals surface area contributed by atoms with E-state index in [4.69, 9.17) is 0 Å². The van der Waals surface area contributed by atoms with Crippen LogP contribution in [0.15, 0.2) is 30.3 Å². The first-order valence-electron chi connectivity index (χ1n) is 9.64. The van der Waals surface area contributed by atoms with E-state index < -0.39 is 53.5 Å². The zero-order chi connectivity index (χ0) is 21.2. The second-order valence-corrected chi connectivity index (χ2v) is 7.74. The predicted octanol–water partition coefficient (Wildman–Crippen LogP) is 7.14. The van der Waals surface area contributed by atoms with E-state index >= 15 is 0 Å². The van der Waals surface area contributed by atoms with Gasteiger partial charge in [0.2, 0.25) is 0 Å². The smallest absolute Gasteiger partial charge is 0.398 e. The maximum atomic E-state index is 14.4. The highest BCUT2D eigenvalue weighted by Gasteiger charge is 2.33. The van der Waals surface area contributed by atoms with E-state index in [1.54, 1.807) is 0 Å². The van der Waals surface area contributed by atoms with Crippen LogP contribution in [-0.2, 0) is 6.42 Å². The van der Waals surface area contributed by atoms with Crippen LogP contribution >= 0.6 is 0 Å². The van der Waals surface area contributed by atoms with Crippen molar-refractivity contribution in [2.24, 2.45) is 5.92 Å². The van der Waals surface area contributed by atoms with E-state index in [-0.39, 0.29) is 5.92 Å². The molecule has 3 rings (SSSR count). The number of hydrogen-bond acceptors (Lipinski definition) is 1. The Labute approximate surface area is 165 Å². The molecule has 2 aromatic rings. The van der Waals surface area contributed by atoms with Gasteiger partial charge < -0.3 is 4.74 Å². The number of halogens is 6. The zero-order valence-corrected chi connectivity index (χ0v) is 16.0. The number of ether oxygens (including phenoxy) is 1. The molecule has 1 saturated carbocycles. The molecule has 158 valence electrons. The molecule has 0 amide bonds. The van der Waals surface area contributed by atoms with Crippen molar-refractivity contribution in [3.05, 3.63) is 64.7 Å². The molecule has 0 spiro atoms. The van der Waals surface area contributed by atoms with E-state index in [2.05, 4.69) is 11.7 Å². The molecule has 1 aliphatic carbocycles. The summed E-state index contributed by atoms with van der Waals surface area (Å²) in [5, 5.41) is 0. The van der Waals surface area contributed by atoms with Crippen LogP contribution < -0.4 is 4.74 Å². The molecule has 1 fully saturated rings. The summed E-state index contributed by atoms with van der Waals surface area (Å²) in [6, 6.07) is 4.46. The van der Waals surface area contributed by atoms with Crippen molar-refractivity contribution in [1.82, 2.24) is 0 Å². The summed E-state index contributed by atoms with van der Waals surface area (Å²) >= 11 is 0. The normalized spacial score (nSPS) is 20.0. The molecule has 0 atom stereocenters. The topological polar surface area (TPSA) is 9.23 Å². The fourth-order valence-corrected chi connectivity index (χ4v) is 3.72. The molecule has 0 saturated heterocycles. The Morgan fingerprint density at radius 2 is 1.48 bits per heavy atom. The highest BCUT2D eigenvalue weighted by Crippen LogP contribution is 2.37. The molecule has 0 heterocycles. The molecule has 29 heavy (non-hydrogen) atoms. The molecule has 7 heteroatoms. The minimum Gasteiger partial charge on any atom is -0.432 e. The first kappa shape index (κ1) is 21.5. The minimum absolute atomic E-state index is 0.0717.